The number of phenols is 1. The number of hydrogen-bond acceptors (Lipinski definition) is 3. The van der Waals surface area contributed by atoms with Gasteiger partial charge < -0.3 is 14.9 Å². The van der Waals surface area contributed by atoms with E-state index in [9.17, 15) is 9.90 Å². The average Bonchev–Trinajstić information content (AvgIpc) is 2.68. The lowest BCUT2D eigenvalue weighted by Crippen LogP contribution is -2.13. The van der Waals surface area contributed by atoms with E-state index in [4.69, 9.17) is 9.84 Å². The summed E-state index contributed by atoms with van der Waals surface area (Å²) in [6.45, 7) is 5.74. The lowest BCUT2D eigenvalue weighted by molar-refractivity contribution is -0.131. The summed E-state index contributed by atoms with van der Waals surface area (Å²) in [6, 6.07) is 3.26. The summed E-state index contributed by atoms with van der Waals surface area (Å²) in [5.41, 5.74) is 2.35. The quantitative estimate of drug-likeness (QED) is 0.634. The molecule has 0 fully saturated rings. The van der Waals surface area contributed by atoms with E-state index in [2.05, 4.69) is 6.58 Å². The molecule has 0 amide bonds. The van der Waals surface area contributed by atoms with Gasteiger partial charge >= 0.3 is 5.97 Å². The van der Waals surface area contributed by atoms with Gasteiger partial charge in [0.25, 0.3) is 0 Å². The van der Waals surface area contributed by atoms with Crippen molar-refractivity contribution in [3.05, 3.63) is 41.5 Å². The van der Waals surface area contributed by atoms with Gasteiger partial charge in [-0.1, -0.05) is 6.58 Å². The fourth-order valence-corrected chi connectivity index (χ4v) is 1.87. The molecule has 0 saturated heterocycles. The Morgan fingerprint density at radius 1 is 1.56 bits per heavy atom. The van der Waals surface area contributed by atoms with Crippen molar-refractivity contribution in [3.8, 4) is 11.5 Å². The van der Waals surface area contributed by atoms with Crippen LogP contribution in [0.2, 0.25) is 0 Å². The maximum Gasteiger partial charge on any atom is 0.328 e. The standard InChI is InChI=1S/C14H14O4/c1-8(2)12-6-10-5-9(3-4-14(16)17)11(15)7-13(10)18-12/h3-5,7,12,15H,1,6H2,2H3,(H,16,17)/b4-3+/t12-/m0/s1. The van der Waals surface area contributed by atoms with Gasteiger partial charge in [-0.15, -0.1) is 0 Å². The molecule has 2 N–H and O–H groups in total. The number of ether oxygens (including phenoxy) is 1. The molecule has 0 spiro atoms. The van der Waals surface area contributed by atoms with Crippen LogP contribution in [0.25, 0.3) is 6.08 Å². The first-order chi connectivity index (χ1) is 8.47. The molecule has 1 atom stereocenters. The number of aliphatic carboxylic acids is 1. The molecule has 94 valence electrons. The summed E-state index contributed by atoms with van der Waals surface area (Å²) >= 11 is 0. The minimum Gasteiger partial charge on any atom is -0.507 e. The van der Waals surface area contributed by atoms with Crippen LogP contribution >= 0.6 is 0 Å². The van der Waals surface area contributed by atoms with Crippen LogP contribution in [0.3, 0.4) is 0 Å². The lowest BCUT2D eigenvalue weighted by atomic mass is 10.0. The Morgan fingerprint density at radius 2 is 2.28 bits per heavy atom. The lowest BCUT2D eigenvalue weighted by Gasteiger charge is -2.09. The van der Waals surface area contributed by atoms with Crippen LogP contribution in [-0.2, 0) is 11.2 Å². The minimum absolute atomic E-state index is 0.00798. The summed E-state index contributed by atoms with van der Waals surface area (Å²) in [6.07, 6.45) is 2.98. The van der Waals surface area contributed by atoms with Crippen molar-refractivity contribution >= 4 is 12.0 Å². The molecule has 1 aromatic carbocycles. The molecular weight excluding hydrogens is 232 g/mol. The summed E-state index contributed by atoms with van der Waals surface area (Å²) in [5, 5.41) is 18.3. The van der Waals surface area contributed by atoms with E-state index in [0.29, 0.717) is 17.7 Å². The number of carbonyl (C=O) groups is 1. The first kappa shape index (κ1) is 12.2. The number of phenolic OH excluding ortho intramolecular Hbond substituents is 1. The van der Waals surface area contributed by atoms with Crippen LogP contribution in [0, 0.1) is 0 Å². The molecule has 0 saturated carbocycles. The number of aromatic hydroxyl groups is 1. The van der Waals surface area contributed by atoms with Crippen molar-refractivity contribution in [1.82, 2.24) is 0 Å². The number of benzene rings is 1. The van der Waals surface area contributed by atoms with Gasteiger partial charge in [-0.2, -0.15) is 0 Å². The molecule has 0 bridgehead atoms. The molecule has 4 nitrogen and oxygen atoms in total. The number of carboxylic acids is 1. The van der Waals surface area contributed by atoms with Crippen molar-refractivity contribution in [3.63, 3.8) is 0 Å². The van der Waals surface area contributed by atoms with Gasteiger partial charge in [-0.3, -0.25) is 0 Å². The van der Waals surface area contributed by atoms with Gasteiger partial charge in [0.1, 0.15) is 17.6 Å². The fourth-order valence-electron chi connectivity index (χ4n) is 1.87. The van der Waals surface area contributed by atoms with Crippen molar-refractivity contribution in [2.24, 2.45) is 0 Å². The maximum atomic E-state index is 10.5. The third kappa shape index (κ3) is 2.37. The van der Waals surface area contributed by atoms with Crippen LogP contribution < -0.4 is 4.74 Å². The van der Waals surface area contributed by atoms with Gasteiger partial charge in [0.05, 0.1) is 0 Å². The second-order valence-electron chi connectivity index (χ2n) is 4.35. The molecule has 2 rings (SSSR count). The Balaban J connectivity index is 2.31. The molecule has 0 unspecified atom stereocenters. The second-order valence-corrected chi connectivity index (χ2v) is 4.35. The normalized spacial score (nSPS) is 17.5. The van der Waals surface area contributed by atoms with E-state index in [1.54, 1.807) is 6.07 Å². The Morgan fingerprint density at radius 3 is 2.89 bits per heavy atom. The largest absolute Gasteiger partial charge is 0.507 e. The van der Waals surface area contributed by atoms with E-state index < -0.39 is 5.97 Å². The highest BCUT2D eigenvalue weighted by atomic mass is 16.5. The molecule has 1 heterocycles. The molecule has 4 heteroatoms. The molecule has 0 aliphatic carbocycles. The molecule has 18 heavy (non-hydrogen) atoms. The summed E-state index contributed by atoms with van der Waals surface area (Å²) in [4.78, 5) is 10.5. The highest BCUT2D eigenvalue weighted by Gasteiger charge is 2.24. The van der Waals surface area contributed by atoms with Gasteiger partial charge in [0.2, 0.25) is 0 Å². The Kier molecular flexibility index (Phi) is 3.10. The van der Waals surface area contributed by atoms with Crippen LogP contribution in [-0.4, -0.2) is 22.3 Å². The minimum atomic E-state index is -1.05. The van der Waals surface area contributed by atoms with E-state index in [-0.39, 0.29) is 11.9 Å². The Bertz CT molecular complexity index is 543. The summed E-state index contributed by atoms with van der Waals surface area (Å²) < 4.78 is 5.63. The van der Waals surface area contributed by atoms with Gasteiger partial charge in [0.15, 0.2) is 0 Å². The van der Waals surface area contributed by atoms with Gasteiger partial charge in [0, 0.05) is 24.1 Å². The number of hydrogen-bond donors (Lipinski definition) is 2. The zero-order chi connectivity index (χ0) is 13.3. The average molecular weight is 246 g/mol. The van der Waals surface area contributed by atoms with Gasteiger partial charge in [-0.25, -0.2) is 4.79 Å². The summed E-state index contributed by atoms with van der Waals surface area (Å²) in [5.74, 6) is -0.410. The SMILES string of the molecule is C=C(C)[C@@H]1Cc2cc(/C=C/C(=O)O)c(O)cc2O1. The van der Waals surface area contributed by atoms with E-state index in [1.165, 1.54) is 12.1 Å². The Hall–Kier alpha value is -2.23. The third-order valence-corrected chi connectivity index (χ3v) is 2.84. The van der Waals surface area contributed by atoms with Crippen molar-refractivity contribution < 1.29 is 19.7 Å². The van der Waals surface area contributed by atoms with Crippen molar-refractivity contribution in [1.29, 1.82) is 0 Å². The highest BCUT2D eigenvalue weighted by Crippen LogP contribution is 2.36. The number of rotatable bonds is 3. The third-order valence-electron chi connectivity index (χ3n) is 2.84. The maximum absolute atomic E-state index is 10.5. The molecule has 0 radical (unpaired) electrons. The first-order valence-electron chi connectivity index (χ1n) is 5.56. The van der Waals surface area contributed by atoms with Crippen molar-refractivity contribution in [2.45, 2.75) is 19.4 Å². The topological polar surface area (TPSA) is 66.8 Å². The van der Waals surface area contributed by atoms with Crippen LogP contribution in [0.4, 0.5) is 0 Å². The van der Waals surface area contributed by atoms with E-state index >= 15 is 0 Å². The molecular formula is C14H14O4. The monoisotopic (exact) mass is 246 g/mol. The fraction of sp³-hybridized carbons (Fsp3) is 0.214. The highest BCUT2D eigenvalue weighted by molar-refractivity contribution is 5.86. The van der Waals surface area contributed by atoms with Gasteiger partial charge in [-0.05, 0) is 30.2 Å². The predicted octanol–water partition coefficient (Wildman–Crippen LogP) is 2.37. The number of fused-ring (bicyclic) bond motifs is 1. The van der Waals surface area contributed by atoms with Crippen molar-refractivity contribution in [2.75, 3.05) is 0 Å². The first-order valence-corrected chi connectivity index (χ1v) is 5.56. The Labute approximate surface area is 105 Å². The van der Waals surface area contributed by atoms with Crippen LogP contribution in [0.5, 0.6) is 11.5 Å². The molecule has 1 aromatic rings. The summed E-state index contributed by atoms with van der Waals surface area (Å²) in [7, 11) is 0. The zero-order valence-electron chi connectivity index (χ0n) is 10.0. The van der Waals surface area contributed by atoms with E-state index in [0.717, 1.165) is 17.2 Å². The smallest absolute Gasteiger partial charge is 0.328 e. The zero-order valence-corrected chi connectivity index (χ0v) is 10.0. The molecule has 1 aliphatic heterocycles. The molecule has 1 aliphatic rings. The number of carboxylic acid groups (broad SMARTS) is 1. The van der Waals surface area contributed by atoms with Crippen LogP contribution in [0.1, 0.15) is 18.1 Å². The van der Waals surface area contributed by atoms with Crippen LogP contribution in [0.15, 0.2) is 30.4 Å². The second kappa shape index (κ2) is 4.56. The molecule has 0 aromatic heterocycles. The van der Waals surface area contributed by atoms with E-state index in [1.807, 2.05) is 6.92 Å². The predicted molar refractivity (Wildman–Crippen MR) is 67.7 cm³/mol.